The minimum atomic E-state index is 0.904. The van der Waals surface area contributed by atoms with E-state index < -0.39 is 0 Å². The molecule has 0 atom stereocenters. The molecule has 2 nitrogen and oxygen atoms in total. The number of rotatable bonds is 1. The lowest BCUT2D eigenvalue weighted by Crippen LogP contribution is -1.68. The minimum absolute atomic E-state index is 0.904. The van der Waals surface area contributed by atoms with Crippen LogP contribution in [0.5, 0.6) is 0 Å². The van der Waals surface area contributed by atoms with E-state index in [2.05, 4.69) is 37.0 Å². The molecule has 0 bridgehead atoms. The Bertz CT molecular complexity index is 239. The lowest BCUT2D eigenvalue weighted by molar-refractivity contribution is 0.322. The van der Waals surface area contributed by atoms with Crippen LogP contribution in [0.2, 0.25) is 0 Å². The molecule has 0 saturated carbocycles. The molecule has 0 fully saturated rings. The molecule has 1 rings (SSSR count). The number of nitrogens with zero attached hydrogens (tertiary/aromatic N) is 1. The van der Waals surface area contributed by atoms with Crippen LogP contribution in [-0.2, 0) is 0 Å². The Labute approximate surface area is 78.8 Å². The standard InChI is InChI=1S/C5H3Br2NOS/c6-4-1-3(2-8-9)10-5(4)7/h1-2,9H. The molecular formula is C5H3Br2NOS. The van der Waals surface area contributed by atoms with Gasteiger partial charge in [-0.2, -0.15) is 0 Å². The molecule has 1 aromatic rings. The van der Waals surface area contributed by atoms with Gasteiger partial charge in [-0.15, -0.1) is 11.3 Å². The van der Waals surface area contributed by atoms with Crippen LogP contribution < -0.4 is 0 Å². The summed E-state index contributed by atoms with van der Waals surface area (Å²) in [6.45, 7) is 0. The van der Waals surface area contributed by atoms with E-state index in [9.17, 15) is 0 Å². The van der Waals surface area contributed by atoms with Gasteiger partial charge in [0.05, 0.1) is 14.9 Å². The number of thiophene rings is 1. The van der Waals surface area contributed by atoms with Gasteiger partial charge in [0.25, 0.3) is 0 Å². The average molecular weight is 285 g/mol. The highest BCUT2D eigenvalue weighted by atomic mass is 79.9. The van der Waals surface area contributed by atoms with Crippen molar-refractivity contribution in [3.63, 3.8) is 0 Å². The van der Waals surface area contributed by atoms with Gasteiger partial charge in [0.2, 0.25) is 0 Å². The topological polar surface area (TPSA) is 32.6 Å². The first-order valence-corrected chi connectivity index (χ1v) is 4.76. The molecule has 0 radical (unpaired) electrons. The second-order valence-electron chi connectivity index (χ2n) is 1.51. The molecule has 0 aliphatic carbocycles. The molecule has 10 heavy (non-hydrogen) atoms. The molecule has 54 valence electrons. The van der Waals surface area contributed by atoms with Crippen molar-refractivity contribution in [1.82, 2.24) is 0 Å². The van der Waals surface area contributed by atoms with Crippen LogP contribution in [0.4, 0.5) is 0 Å². The minimum Gasteiger partial charge on any atom is -0.411 e. The van der Waals surface area contributed by atoms with Crippen LogP contribution in [0.15, 0.2) is 19.5 Å². The van der Waals surface area contributed by atoms with Crippen molar-refractivity contribution in [2.24, 2.45) is 5.16 Å². The molecule has 1 heterocycles. The molecule has 5 heteroatoms. The van der Waals surface area contributed by atoms with Crippen molar-refractivity contribution in [3.8, 4) is 0 Å². The van der Waals surface area contributed by atoms with Gasteiger partial charge < -0.3 is 5.21 Å². The van der Waals surface area contributed by atoms with Gasteiger partial charge in [-0.25, -0.2) is 0 Å². The van der Waals surface area contributed by atoms with Crippen molar-refractivity contribution < 1.29 is 5.21 Å². The van der Waals surface area contributed by atoms with Gasteiger partial charge in [-0.1, -0.05) is 5.16 Å². The molecule has 0 unspecified atom stereocenters. The third kappa shape index (κ3) is 1.81. The maximum absolute atomic E-state index is 8.17. The first-order chi connectivity index (χ1) is 4.74. The van der Waals surface area contributed by atoms with E-state index in [4.69, 9.17) is 5.21 Å². The zero-order chi connectivity index (χ0) is 7.56. The van der Waals surface area contributed by atoms with E-state index in [1.165, 1.54) is 17.6 Å². The number of hydrogen-bond acceptors (Lipinski definition) is 3. The van der Waals surface area contributed by atoms with Gasteiger partial charge in [-0.05, 0) is 37.9 Å². The van der Waals surface area contributed by atoms with Gasteiger partial charge >= 0.3 is 0 Å². The highest BCUT2D eigenvalue weighted by molar-refractivity contribution is 9.13. The van der Waals surface area contributed by atoms with E-state index in [1.807, 2.05) is 6.07 Å². The predicted molar refractivity (Wildman–Crippen MR) is 49.1 cm³/mol. The van der Waals surface area contributed by atoms with Crippen molar-refractivity contribution in [2.45, 2.75) is 0 Å². The third-order valence-electron chi connectivity index (χ3n) is 0.849. The molecule has 1 aromatic heterocycles. The van der Waals surface area contributed by atoms with E-state index in [0.717, 1.165) is 13.1 Å². The fourth-order valence-corrected chi connectivity index (χ4v) is 2.44. The molecule has 0 aromatic carbocycles. The summed E-state index contributed by atoms with van der Waals surface area (Å²) in [5.41, 5.74) is 0. The monoisotopic (exact) mass is 283 g/mol. The summed E-state index contributed by atoms with van der Waals surface area (Å²) < 4.78 is 1.98. The van der Waals surface area contributed by atoms with Crippen molar-refractivity contribution >= 4 is 49.4 Å². The number of hydrogen-bond donors (Lipinski definition) is 1. The van der Waals surface area contributed by atoms with E-state index >= 15 is 0 Å². The van der Waals surface area contributed by atoms with Crippen LogP contribution in [0.3, 0.4) is 0 Å². The Morgan fingerprint density at radius 1 is 1.60 bits per heavy atom. The normalized spacial score (nSPS) is 11.0. The fraction of sp³-hybridized carbons (Fsp3) is 0. The first-order valence-electron chi connectivity index (χ1n) is 2.36. The second kappa shape index (κ2) is 3.50. The van der Waals surface area contributed by atoms with E-state index in [1.54, 1.807) is 0 Å². The SMILES string of the molecule is ON=Cc1cc(Br)c(Br)s1. The predicted octanol–water partition coefficient (Wildman–Crippen LogP) is 3.08. The lowest BCUT2D eigenvalue weighted by atomic mass is 10.5. The van der Waals surface area contributed by atoms with Crippen LogP contribution in [0.1, 0.15) is 4.88 Å². The quantitative estimate of drug-likeness (QED) is 0.480. The summed E-state index contributed by atoms with van der Waals surface area (Å²) in [5, 5.41) is 11.1. The van der Waals surface area contributed by atoms with Crippen molar-refractivity contribution in [2.75, 3.05) is 0 Å². The summed E-state index contributed by atoms with van der Waals surface area (Å²) >= 11 is 8.12. The molecule has 0 amide bonds. The number of halogens is 2. The van der Waals surface area contributed by atoms with Crippen LogP contribution >= 0.6 is 43.2 Å². The first kappa shape index (κ1) is 8.23. The van der Waals surface area contributed by atoms with Crippen LogP contribution in [0.25, 0.3) is 0 Å². The van der Waals surface area contributed by atoms with Gasteiger partial charge in [0.1, 0.15) is 0 Å². The fourth-order valence-electron chi connectivity index (χ4n) is 0.484. The molecule has 0 aliphatic heterocycles. The van der Waals surface area contributed by atoms with Gasteiger partial charge in [0, 0.05) is 4.47 Å². The highest BCUT2D eigenvalue weighted by Crippen LogP contribution is 2.31. The van der Waals surface area contributed by atoms with Crippen molar-refractivity contribution in [3.05, 3.63) is 19.2 Å². The summed E-state index contributed by atoms with van der Waals surface area (Å²) in [7, 11) is 0. The van der Waals surface area contributed by atoms with Crippen molar-refractivity contribution in [1.29, 1.82) is 0 Å². The Kier molecular flexibility index (Phi) is 2.88. The van der Waals surface area contributed by atoms with E-state index in [-0.39, 0.29) is 0 Å². The smallest absolute Gasteiger partial charge is 0.0847 e. The van der Waals surface area contributed by atoms with Gasteiger partial charge in [-0.3, -0.25) is 0 Å². The summed E-state index contributed by atoms with van der Waals surface area (Å²) in [4.78, 5) is 0.904. The number of oxime groups is 1. The Morgan fingerprint density at radius 3 is 2.70 bits per heavy atom. The molecular weight excluding hydrogens is 282 g/mol. The summed E-state index contributed by atoms with van der Waals surface area (Å²) in [6, 6.07) is 1.87. The molecule has 1 N–H and O–H groups in total. The molecule has 0 saturated heterocycles. The van der Waals surface area contributed by atoms with E-state index in [0.29, 0.717) is 0 Å². The average Bonchev–Trinajstić information content (AvgIpc) is 2.14. The lowest BCUT2D eigenvalue weighted by Gasteiger charge is -1.75. The van der Waals surface area contributed by atoms with Gasteiger partial charge in [0.15, 0.2) is 0 Å². The van der Waals surface area contributed by atoms with Crippen LogP contribution in [-0.4, -0.2) is 11.4 Å². The zero-order valence-electron chi connectivity index (χ0n) is 4.71. The maximum atomic E-state index is 8.17. The highest BCUT2D eigenvalue weighted by Gasteiger charge is 2.00. The Morgan fingerprint density at radius 2 is 2.30 bits per heavy atom. The zero-order valence-corrected chi connectivity index (χ0v) is 8.70. The summed E-state index contributed by atoms with van der Waals surface area (Å²) in [5.74, 6) is 0. The molecule has 0 aliphatic rings. The molecule has 0 spiro atoms. The Hall–Kier alpha value is 0.130. The summed E-state index contributed by atoms with van der Waals surface area (Å²) in [6.07, 6.45) is 1.39. The third-order valence-corrected chi connectivity index (χ3v) is 4.04. The largest absolute Gasteiger partial charge is 0.411 e. The van der Waals surface area contributed by atoms with Crippen LogP contribution in [0, 0.1) is 0 Å². The second-order valence-corrected chi connectivity index (χ2v) is 4.77. The maximum Gasteiger partial charge on any atom is 0.0847 e. The Balaban J connectivity index is 2.98.